The molecule has 0 aromatic heterocycles. The maximum atomic E-state index is 3.36. The molecular formula is C27H47. The van der Waals surface area contributed by atoms with Crippen molar-refractivity contribution in [3.05, 3.63) is 6.42 Å². The Balaban J connectivity index is 3.14. The van der Waals surface area contributed by atoms with Crippen LogP contribution in [0.4, 0.5) is 0 Å². The molecule has 0 aliphatic carbocycles. The second-order valence-electron chi connectivity index (χ2n) is 7.82. The highest BCUT2D eigenvalue weighted by Crippen LogP contribution is 2.10. The third-order valence-electron chi connectivity index (χ3n) is 4.98. The van der Waals surface area contributed by atoms with Crippen LogP contribution in [0.25, 0.3) is 0 Å². The van der Waals surface area contributed by atoms with Crippen molar-refractivity contribution >= 4 is 0 Å². The van der Waals surface area contributed by atoms with Crippen molar-refractivity contribution in [2.75, 3.05) is 0 Å². The second-order valence-corrected chi connectivity index (χ2v) is 7.82. The standard InChI is InChI=1S/C27H47/c1-3-5-7-9-11-13-15-17-19-21-23-25-27-26-24-22-20-18-16-14-12-10-8-6-4-2/h22H,3-11,13,15-16,18,20-21,23-27H2,1-2H3. The van der Waals surface area contributed by atoms with E-state index >= 15 is 0 Å². The van der Waals surface area contributed by atoms with Crippen molar-refractivity contribution in [2.45, 2.75) is 142 Å². The van der Waals surface area contributed by atoms with Crippen LogP contribution in [0.3, 0.4) is 0 Å². The quantitative estimate of drug-likeness (QED) is 0.166. The molecule has 0 nitrogen and oxygen atoms in total. The molecule has 0 aliphatic rings. The average molecular weight is 372 g/mol. The summed E-state index contributed by atoms with van der Waals surface area (Å²) in [5, 5.41) is 0. The van der Waals surface area contributed by atoms with Crippen LogP contribution in [0, 0.1) is 30.1 Å². The van der Waals surface area contributed by atoms with Gasteiger partial charge in [0.25, 0.3) is 0 Å². The summed E-state index contributed by atoms with van der Waals surface area (Å²) in [6.07, 6.45) is 28.1. The molecule has 0 amide bonds. The number of unbranched alkanes of at least 4 members (excludes halogenated alkanes) is 18. The lowest BCUT2D eigenvalue weighted by Gasteiger charge is -2.00. The molecule has 0 rings (SSSR count). The lowest BCUT2D eigenvalue weighted by atomic mass is 10.1. The van der Waals surface area contributed by atoms with E-state index in [-0.39, 0.29) is 0 Å². The number of rotatable bonds is 18. The largest absolute Gasteiger partial charge is 0.103 e. The molecule has 0 spiro atoms. The van der Waals surface area contributed by atoms with Crippen molar-refractivity contribution in [1.29, 1.82) is 0 Å². The zero-order chi connectivity index (χ0) is 19.7. The Labute approximate surface area is 172 Å². The van der Waals surface area contributed by atoms with Gasteiger partial charge in [-0.1, -0.05) is 84.5 Å². The van der Waals surface area contributed by atoms with Crippen molar-refractivity contribution < 1.29 is 0 Å². The van der Waals surface area contributed by atoms with Gasteiger partial charge in [0.05, 0.1) is 0 Å². The molecule has 0 atom stereocenters. The average Bonchev–Trinajstić information content (AvgIpc) is 2.68. The predicted octanol–water partition coefficient (Wildman–Crippen LogP) is 9.04. The fourth-order valence-electron chi connectivity index (χ4n) is 3.15. The smallest absolute Gasteiger partial charge is 0.00887 e. The van der Waals surface area contributed by atoms with Gasteiger partial charge in [0, 0.05) is 25.7 Å². The van der Waals surface area contributed by atoms with Gasteiger partial charge in [-0.3, -0.25) is 0 Å². The monoisotopic (exact) mass is 371 g/mol. The van der Waals surface area contributed by atoms with Gasteiger partial charge in [0.2, 0.25) is 0 Å². The third kappa shape index (κ3) is 25.1. The van der Waals surface area contributed by atoms with Gasteiger partial charge in [-0.05, 0) is 38.5 Å². The second kappa shape index (κ2) is 25.1. The van der Waals surface area contributed by atoms with Gasteiger partial charge < -0.3 is 0 Å². The summed E-state index contributed by atoms with van der Waals surface area (Å²) in [7, 11) is 0. The molecule has 155 valence electrons. The van der Waals surface area contributed by atoms with E-state index in [4.69, 9.17) is 0 Å². The van der Waals surface area contributed by atoms with Crippen molar-refractivity contribution in [3.8, 4) is 23.7 Å². The van der Waals surface area contributed by atoms with Gasteiger partial charge in [-0.25, -0.2) is 0 Å². The van der Waals surface area contributed by atoms with E-state index in [1.54, 1.807) is 0 Å². The molecule has 0 aromatic rings. The minimum absolute atomic E-state index is 1.08. The molecule has 27 heavy (non-hydrogen) atoms. The van der Waals surface area contributed by atoms with Crippen molar-refractivity contribution in [2.24, 2.45) is 0 Å². The molecule has 0 unspecified atom stereocenters. The molecule has 0 heteroatoms. The fraction of sp³-hybridized carbons (Fsp3) is 0.815. The predicted molar refractivity (Wildman–Crippen MR) is 124 cm³/mol. The SMILES string of the molecule is CCCCCC#CCCC[CH]CCCCCCC#CCCCCCCCC. The van der Waals surface area contributed by atoms with E-state index in [0.29, 0.717) is 0 Å². The van der Waals surface area contributed by atoms with E-state index in [9.17, 15) is 0 Å². The lowest BCUT2D eigenvalue weighted by molar-refractivity contribution is 0.613. The van der Waals surface area contributed by atoms with Gasteiger partial charge in [0.1, 0.15) is 0 Å². The lowest BCUT2D eigenvalue weighted by Crippen LogP contribution is -1.82. The Morgan fingerprint density at radius 2 is 0.778 bits per heavy atom. The van der Waals surface area contributed by atoms with E-state index in [0.717, 1.165) is 25.7 Å². The first-order valence-electron chi connectivity index (χ1n) is 12.1. The van der Waals surface area contributed by atoms with Crippen LogP contribution in [-0.2, 0) is 0 Å². The van der Waals surface area contributed by atoms with Gasteiger partial charge in [-0.15, -0.1) is 23.7 Å². The van der Waals surface area contributed by atoms with E-state index in [1.165, 1.54) is 103 Å². The van der Waals surface area contributed by atoms with Gasteiger partial charge >= 0.3 is 0 Å². The maximum absolute atomic E-state index is 3.36. The van der Waals surface area contributed by atoms with Crippen molar-refractivity contribution in [3.63, 3.8) is 0 Å². The summed E-state index contributed by atoms with van der Waals surface area (Å²) in [6, 6.07) is 0. The van der Waals surface area contributed by atoms with E-state index in [1.807, 2.05) is 0 Å². The fourth-order valence-corrected chi connectivity index (χ4v) is 3.15. The third-order valence-corrected chi connectivity index (χ3v) is 4.98. The van der Waals surface area contributed by atoms with Crippen LogP contribution in [-0.4, -0.2) is 0 Å². The Kier molecular flexibility index (Phi) is 24.3. The molecule has 0 saturated carbocycles. The summed E-state index contributed by atoms with van der Waals surface area (Å²) in [5.41, 5.74) is 0. The Morgan fingerprint density at radius 3 is 1.37 bits per heavy atom. The van der Waals surface area contributed by atoms with Gasteiger partial charge in [-0.2, -0.15) is 0 Å². The summed E-state index contributed by atoms with van der Waals surface area (Å²) < 4.78 is 0. The summed E-state index contributed by atoms with van der Waals surface area (Å²) in [6.45, 7) is 4.52. The summed E-state index contributed by atoms with van der Waals surface area (Å²) in [4.78, 5) is 0. The molecule has 0 heterocycles. The molecule has 0 bridgehead atoms. The number of hydrogen-bond donors (Lipinski definition) is 0. The highest BCUT2D eigenvalue weighted by atomic mass is 14.0. The Hall–Kier alpha value is -0.880. The zero-order valence-corrected chi connectivity index (χ0v) is 18.7. The van der Waals surface area contributed by atoms with E-state index in [2.05, 4.69) is 44.0 Å². The topological polar surface area (TPSA) is 0 Å². The zero-order valence-electron chi connectivity index (χ0n) is 18.7. The summed E-state index contributed by atoms with van der Waals surface area (Å²) >= 11 is 0. The molecule has 1 radical (unpaired) electrons. The first-order valence-corrected chi connectivity index (χ1v) is 12.1. The first-order chi connectivity index (χ1) is 13.4. The first kappa shape index (κ1) is 26.1. The van der Waals surface area contributed by atoms with E-state index < -0.39 is 0 Å². The number of hydrogen-bond acceptors (Lipinski definition) is 0. The molecular weight excluding hydrogens is 324 g/mol. The van der Waals surface area contributed by atoms with Crippen molar-refractivity contribution in [1.82, 2.24) is 0 Å². The molecule has 0 aromatic carbocycles. The summed E-state index contributed by atoms with van der Waals surface area (Å²) in [5.74, 6) is 13.3. The molecule has 0 saturated heterocycles. The highest BCUT2D eigenvalue weighted by molar-refractivity contribution is 4.99. The Morgan fingerprint density at radius 1 is 0.407 bits per heavy atom. The van der Waals surface area contributed by atoms with Gasteiger partial charge in [0.15, 0.2) is 0 Å². The van der Waals surface area contributed by atoms with Crippen LogP contribution in [0.1, 0.15) is 142 Å². The van der Waals surface area contributed by atoms with Crippen LogP contribution < -0.4 is 0 Å². The normalized spacial score (nSPS) is 10.1. The van der Waals surface area contributed by atoms with Crippen LogP contribution >= 0.6 is 0 Å². The maximum Gasteiger partial charge on any atom is 0.00887 e. The van der Waals surface area contributed by atoms with Crippen LogP contribution in [0.5, 0.6) is 0 Å². The van der Waals surface area contributed by atoms with Crippen LogP contribution in [0.15, 0.2) is 0 Å². The molecule has 0 fully saturated rings. The minimum Gasteiger partial charge on any atom is -0.103 e. The molecule has 0 N–H and O–H groups in total. The minimum atomic E-state index is 1.08. The highest BCUT2D eigenvalue weighted by Gasteiger charge is 1.92. The molecule has 0 aliphatic heterocycles. The van der Waals surface area contributed by atoms with Crippen LogP contribution in [0.2, 0.25) is 0 Å². The Bertz CT molecular complexity index is 384.